The van der Waals surface area contributed by atoms with Crippen LogP contribution in [0.15, 0.2) is 0 Å². The van der Waals surface area contributed by atoms with Gasteiger partial charge in [-0.25, -0.2) is 0 Å². The van der Waals surface area contributed by atoms with E-state index in [-0.39, 0.29) is 6.10 Å². The zero-order valence-electron chi connectivity index (χ0n) is 12.1. The van der Waals surface area contributed by atoms with Crippen molar-refractivity contribution in [1.29, 1.82) is 0 Å². The van der Waals surface area contributed by atoms with E-state index in [4.69, 9.17) is 0 Å². The highest BCUT2D eigenvalue weighted by Gasteiger charge is 2.36. The minimum absolute atomic E-state index is 0.111. The van der Waals surface area contributed by atoms with Crippen molar-refractivity contribution < 1.29 is 5.11 Å². The van der Waals surface area contributed by atoms with Crippen molar-refractivity contribution in [2.45, 2.75) is 88.4 Å². The summed E-state index contributed by atoms with van der Waals surface area (Å²) in [5.74, 6) is 0.804. The summed E-state index contributed by atoms with van der Waals surface area (Å²) in [6, 6.07) is 1.74. The molecule has 2 saturated carbocycles. The van der Waals surface area contributed by atoms with Crippen LogP contribution in [0.3, 0.4) is 0 Å². The SMILES string of the molecule is OC1CCCCCC1NC1CCCC1C1CCCN1. The molecule has 3 N–H and O–H groups in total. The molecule has 3 rings (SSSR count). The summed E-state index contributed by atoms with van der Waals surface area (Å²) >= 11 is 0. The molecule has 0 radical (unpaired) electrons. The Balaban J connectivity index is 1.57. The Bertz CT molecular complexity index is 278. The summed E-state index contributed by atoms with van der Waals surface area (Å²) in [5.41, 5.74) is 0. The lowest BCUT2D eigenvalue weighted by molar-refractivity contribution is 0.108. The van der Waals surface area contributed by atoms with Gasteiger partial charge in [-0.2, -0.15) is 0 Å². The van der Waals surface area contributed by atoms with Gasteiger partial charge in [0, 0.05) is 18.1 Å². The molecule has 0 aromatic heterocycles. The summed E-state index contributed by atoms with van der Waals surface area (Å²) in [6.45, 7) is 1.21. The van der Waals surface area contributed by atoms with Crippen LogP contribution in [0.25, 0.3) is 0 Å². The van der Waals surface area contributed by atoms with Gasteiger partial charge in [0.2, 0.25) is 0 Å². The molecule has 0 aromatic rings. The average molecular weight is 266 g/mol. The van der Waals surface area contributed by atoms with E-state index < -0.39 is 0 Å². The fraction of sp³-hybridized carbons (Fsp3) is 1.00. The maximum Gasteiger partial charge on any atom is 0.0693 e. The van der Waals surface area contributed by atoms with E-state index in [0.29, 0.717) is 12.1 Å². The van der Waals surface area contributed by atoms with Crippen LogP contribution in [0, 0.1) is 5.92 Å². The Labute approximate surface area is 117 Å². The molecule has 1 aliphatic heterocycles. The van der Waals surface area contributed by atoms with Crippen LogP contribution in [0.1, 0.15) is 64.2 Å². The Morgan fingerprint density at radius 3 is 2.47 bits per heavy atom. The number of rotatable bonds is 3. The van der Waals surface area contributed by atoms with Crippen molar-refractivity contribution in [3.05, 3.63) is 0 Å². The maximum atomic E-state index is 10.3. The van der Waals surface area contributed by atoms with Crippen LogP contribution in [-0.2, 0) is 0 Å². The van der Waals surface area contributed by atoms with Gasteiger partial charge in [0.25, 0.3) is 0 Å². The third kappa shape index (κ3) is 3.32. The highest BCUT2D eigenvalue weighted by atomic mass is 16.3. The first-order valence-corrected chi connectivity index (χ1v) is 8.52. The zero-order chi connectivity index (χ0) is 13.1. The predicted molar refractivity (Wildman–Crippen MR) is 78.2 cm³/mol. The molecular formula is C16H30N2O. The van der Waals surface area contributed by atoms with Gasteiger partial charge in [-0.1, -0.05) is 25.7 Å². The molecule has 19 heavy (non-hydrogen) atoms. The van der Waals surface area contributed by atoms with Crippen LogP contribution in [-0.4, -0.2) is 35.9 Å². The third-order valence-corrected chi connectivity index (χ3v) is 5.59. The summed E-state index contributed by atoms with van der Waals surface area (Å²) in [7, 11) is 0. The van der Waals surface area contributed by atoms with Gasteiger partial charge >= 0.3 is 0 Å². The van der Waals surface area contributed by atoms with Crippen LogP contribution in [0.5, 0.6) is 0 Å². The number of hydrogen-bond donors (Lipinski definition) is 3. The molecular weight excluding hydrogens is 236 g/mol. The van der Waals surface area contributed by atoms with E-state index in [1.54, 1.807) is 0 Å². The van der Waals surface area contributed by atoms with Crippen LogP contribution >= 0.6 is 0 Å². The van der Waals surface area contributed by atoms with Gasteiger partial charge < -0.3 is 15.7 Å². The number of nitrogens with one attached hydrogen (secondary N) is 2. The van der Waals surface area contributed by atoms with Crippen molar-refractivity contribution in [3.8, 4) is 0 Å². The van der Waals surface area contributed by atoms with Crippen LogP contribution in [0.2, 0.25) is 0 Å². The molecule has 0 spiro atoms. The molecule has 3 aliphatic rings. The standard InChI is InChI=1S/C16H30N2O/c19-16-10-3-1-2-7-15(16)18-14-8-4-6-12(14)13-9-5-11-17-13/h12-19H,1-11H2. The van der Waals surface area contributed by atoms with Crippen molar-refractivity contribution in [2.24, 2.45) is 5.92 Å². The van der Waals surface area contributed by atoms with E-state index in [9.17, 15) is 5.11 Å². The molecule has 110 valence electrons. The Morgan fingerprint density at radius 1 is 0.789 bits per heavy atom. The number of aliphatic hydroxyl groups is 1. The van der Waals surface area contributed by atoms with Gasteiger partial charge in [-0.3, -0.25) is 0 Å². The topological polar surface area (TPSA) is 44.3 Å². The normalized spacial score (nSPS) is 44.4. The van der Waals surface area contributed by atoms with Gasteiger partial charge in [-0.05, 0) is 51.0 Å². The number of aliphatic hydroxyl groups excluding tert-OH is 1. The van der Waals surface area contributed by atoms with Crippen LogP contribution < -0.4 is 10.6 Å². The zero-order valence-corrected chi connectivity index (χ0v) is 12.1. The molecule has 0 amide bonds. The van der Waals surface area contributed by atoms with E-state index in [2.05, 4.69) is 10.6 Å². The van der Waals surface area contributed by atoms with Gasteiger partial charge in [-0.15, -0.1) is 0 Å². The lowest BCUT2D eigenvalue weighted by Gasteiger charge is -2.32. The predicted octanol–water partition coefficient (Wildman–Crippen LogP) is 2.19. The summed E-state index contributed by atoms with van der Waals surface area (Å²) in [4.78, 5) is 0. The minimum Gasteiger partial charge on any atom is -0.392 e. The Morgan fingerprint density at radius 2 is 1.63 bits per heavy atom. The van der Waals surface area contributed by atoms with E-state index in [1.165, 1.54) is 64.3 Å². The van der Waals surface area contributed by atoms with Crippen molar-refractivity contribution >= 4 is 0 Å². The first-order chi connectivity index (χ1) is 9.34. The second kappa shape index (κ2) is 6.55. The van der Waals surface area contributed by atoms with Crippen molar-refractivity contribution in [2.75, 3.05) is 6.54 Å². The van der Waals surface area contributed by atoms with Gasteiger partial charge in [0.15, 0.2) is 0 Å². The lowest BCUT2D eigenvalue weighted by atomic mass is 9.91. The highest BCUT2D eigenvalue weighted by molar-refractivity contribution is 4.95. The molecule has 2 aliphatic carbocycles. The Hall–Kier alpha value is -0.120. The molecule has 0 aromatic carbocycles. The second-order valence-electron chi connectivity index (χ2n) is 6.88. The van der Waals surface area contributed by atoms with E-state index in [1.807, 2.05) is 0 Å². The molecule has 1 saturated heterocycles. The minimum atomic E-state index is -0.111. The number of hydrogen-bond acceptors (Lipinski definition) is 3. The van der Waals surface area contributed by atoms with E-state index in [0.717, 1.165) is 18.4 Å². The Kier molecular flexibility index (Phi) is 4.78. The van der Waals surface area contributed by atoms with E-state index >= 15 is 0 Å². The summed E-state index contributed by atoms with van der Waals surface area (Å²) in [6.07, 6.45) is 12.6. The average Bonchev–Trinajstić information content (AvgIpc) is 3.03. The van der Waals surface area contributed by atoms with Gasteiger partial charge in [0.1, 0.15) is 0 Å². The fourth-order valence-electron chi connectivity index (χ4n) is 4.51. The molecule has 0 bridgehead atoms. The quantitative estimate of drug-likeness (QED) is 0.686. The second-order valence-corrected chi connectivity index (χ2v) is 6.88. The molecule has 1 heterocycles. The lowest BCUT2D eigenvalue weighted by Crippen LogP contribution is -2.49. The molecule has 3 heteroatoms. The first kappa shape index (κ1) is 13.8. The van der Waals surface area contributed by atoms with Crippen LogP contribution in [0.4, 0.5) is 0 Å². The van der Waals surface area contributed by atoms with Crippen molar-refractivity contribution in [1.82, 2.24) is 10.6 Å². The maximum absolute atomic E-state index is 10.3. The fourth-order valence-corrected chi connectivity index (χ4v) is 4.51. The summed E-state index contributed by atoms with van der Waals surface area (Å²) < 4.78 is 0. The molecule has 5 atom stereocenters. The monoisotopic (exact) mass is 266 g/mol. The molecule has 5 unspecified atom stereocenters. The first-order valence-electron chi connectivity index (χ1n) is 8.52. The largest absolute Gasteiger partial charge is 0.392 e. The highest BCUT2D eigenvalue weighted by Crippen LogP contribution is 2.33. The smallest absolute Gasteiger partial charge is 0.0693 e. The van der Waals surface area contributed by atoms with Gasteiger partial charge in [0.05, 0.1) is 6.10 Å². The molecule has 3 fully saturated rings. The third-order valence-electron chi connectivity index (χ3n) is 5.59. The molecule has 3 nitrogen and oxygen atoms in total. The summed E-state index contributed by atoms with van der Waals surface area (Å²) in [5, 5.41) is 17.8. The van der Waals surface area contributed by atoms with Crippen molar-refractivity contribution in [3.63, 3.8) is 0 Å².